The fourth-order valence-corrected chi connectivity index (χ4v) is 5.51. The zero-order valence-corrected chi connectivity index (χ0v) is 19.7. The smallest absolute Gasteiger partial charge is 0.244 e. The molecule has 1 aromatic heterocycles. The largest absolute Gasteiger partial charge is 0.299 e. The Labute approximate surface area is 196 Å². The predicted octanol–water partition coefficient (Wildman–Crippen LogP) is 4.17. The minimum Gasteiger partial charge on any atom is -0.299 e. The molecule has 0 aliphatic heterocycles. The number of hydrogen-bond donors (Lipinski definition) is 2. The van der Waals surface area contributed by atoms with Crippen molar-refractivity contribution in [2.75, 3.05) is 5.32 Å². The van der Waals surface area contributed by atoms with E-state index < -0.39 is 22.0 Å². The van der Waals surface area contributed by atoms with E-state index in [-0.39, 0.29) is 11.3 Å². The van der Waals surface area contributed by atoms with Gasteiger partial charge in [0, 0.05) is 6.42 Å². The maximum Gasteiger partial charge on any atom is 0.244 e. The fraction of sp³-hybridized carbons (Fsp3) is 0.208. The first-order valence-corrected chi connectivity index (χ1v) is 12.9. The molecule has 0 saturated carbocycles. The van der Waals surface area contributed by atoms with Crippen LogP contribution in [0.4, 0.5) is 5.13 Å². The lowest BCUT2D eigenvalue weighted by atomic mass is 10.1. The first kappa shape index (κ1) is 23.0. The lowest BCUT2D eigenvalue weighted by Gasteiger charge is -2.18. The quantitative estimate of drug-likeness (QED) is 0.374. The van der Waals surface area contributed by atoms with Crippen LogP contribution in [0.25, 0.3) is 10.8 Å². The number of carbonyl (C=O) groups excluding carboxylic acids is 1. The van der Waals surface area contributed by atoms with Gasteiger partial charge in [-0.05, 0) is 41.3 Å². The highest BCUT2D eigenvalue weighted by atomic mass is 32.2. The van der Waals surface area contributed by atoms with Crippen LogP contribution in [0.5, 0.6) is 0 Å². The van der Waals surface area contributed by atoms with E-state index in [1.165, 1.54) is 11.3 Å². The Morgan fingerprint density at radius 2 is 1.70 bits per heavy atom. The van der Waals surface area contributed by atoms with Gasteiger partial charge in [0.1, 0.15) is 11.0 Å². The zero-order chi connectivity index (χ0) is 23.3. The van der Waals surface area contributed by atoms with Crippen molar-refractivity contribution in [2.24, 2.45) is 0 Å². The van der Waals surface area contributed by atoms with Gasteiger partial charge in [0.25, 0.3) is 0 Å². The number of nitrogens with one attached hydrogen (secondary N) is 2. The number of hydrogen-bond acceptors (Lipinski definition) is 6. The Balaban J connectivity index is 1.59. The summed E-state index contributed by atoms with van der Waals surface area (Å²) in [6.07, 6.45) is 1.89. The van der Waals surface area contributed by atoms with Crippen LogP contribution in [-0.2, 0) is 27.7 Å². The number of fused-ring (bicyclic) bond motifs is 1. The molecule has 0 saturated heterocycles. The molecule has 1 atom stereocenters. The van der Waals surface area contributed by atoms with Crippen LogP contribution >= 0.6 is 11.3 Å². The van der Waals surface area contributed by atoms with Gasteiger partial charge in [-0.2, -0.15) is 4.72 Å². The summed E-state index contributed by atoms with van der Waals surface area (Å²) in [7, 11) is -3.96. The Kier molecular flexibility index (Phi) is 7.12. The number of anilines is 1. The maximum atomic E-state index is 13.2. The molecule has 1 unspecified atom stereocenters. The van der Waals surface area contributed by atoms with E-state index in [0.29, 0.717) is 5.13 Å². The van der Waals surface area contributed by atoms with E-state index in [9.17, 15) is 13.2 Å². The van der Waals surface area contributed by atoms with Gasteiger partial charge in [-0.15, -0.1) is 10.2 Å². The first-order chi connectivity index (χ1) is 15.9. The van der Waals surface area contributed by atoms with Crippen molar-refractivity contribution >= 4 is 43.2 Å². The van der Waals surface area contributed by atoms with E-state index in [1.54, 1.807) is 18.2 Å². The lowest BCUT2D eigenvalue weighted by Crippen LogP contribution is -2.45. The van der Waals surface area contributed by atoms with Gasteiger partial charge in [0.05, 0.1) is 4.90 Å². The molecule has 9 heteroatoms. The van der Waals surface area contributed by atoms with E-state index in [0.717, 1.165) is 34.2 Å². The van der Waals surface area contributed by atoms with Crippen molar-refractivity contribution in [2.45, 2.75) is 37.1 Å². The standard InChI is InChI=1S/C24H24N4O3S2/c1-2-8-22-26-27-24(32-22)25-23(29)21(15-17-9-4-3-5-10-17)28-33(30,31)20-14-13-18-11-6-7-12-19(18)16-20/h3-7,9-14,16,21,28H,2,8,15H2,1H3,(H,25,27,29). The summed E-state index contributed by atoms with van der Waals surface area (Å²) in [5, 5.41) is 13.7. The van der Waals surface area contributed by atoms with E-state index in [4.69, 9.17) is 0 Å². The average Bonchev–Trinajstić information content (AvgIpc) is 3.26. The predicted molar refractivity (Wildman–Crippen MR) is 131 cm³/mol. The monoisotopic (exact) mass is 480 g/mol. The van der Waals surface area contributed by atoms with Gasteiger partial charge in [0.2, 0.25) is 21.1 Å². The molecule has 170 valence electrons. The Bertz CT molecular complexity index is 1350. The third kappa shape index (κ3) is 5.81. The van der Waals surface area contributed by atoms with E-state index in [2.05, 4.69) is 20.2 Å². The SMILES string of the molecule is CCCc1nnc(NC(=O)C(Cc2ccccc2)NS(=O)(=O)c2ccc3ccccc3c2)s1. The summed E-state index contributed by atoms with van der Waals surface area (Å²) in [5.41, 5.74) is 0.836. The second-order valence-electron chi connectivity index (χ2n) is 7.61. The van der Waals surface area contributed by atoms with E-state index >= 15 is 0 Å². The fourth-order valence-electron chi connectivity index (χ4n) is 3.44. The van der Waals surface area contributed by atoms with Gasteiger partial charge < -0.3 is 0 Å². The number of benzene rings is 3. The number of rotatable bonds is 9. The third-order valence-electron chi connectivity index (χ3n) is 5.09. The number of amides is 1. The Morgan fingerprint density at radius 3 is 2.45 bits per heavy atom. The minimum atomic E-state index is -3.96. The number of aromatic nitrogens is 2. The van der Waals surface area contributed by atoms with Crippen molar-refractivity contribution in [3.63, 3.8) is 0 Å². The first-order valence-electron chi connectivity index (χ1n) is 10.6. The molecule has 3 aromatic carbocycles. The molecule has 0 bridgehead atoms. The number of aryl methyl sites for hydroxylation is 1. The number of sulfonamides is 1. The summed E-state index contributed by atoms with van der Waals surface area (Å²) in [4.78, 5) is 13.2. The van der Waals surface area contributed by atoms with Crippen molar-refractivity contribution in [1.82, 2.24) is 14.9 Å². The molecule has 0 fully saturated rings. The molecule has 0 radical (unpaired) electrons. The highest BCUT2D eigenvalue weighted by Gasteiger charge is 2.27. The van der Waals surface area contributed by atoms with Gasteiger partial charge in [-0.3, -0.25) is 10.1 Å². The molecule has 7 nitrogen and oxygen atoms in total. The summed E-state index contributed by atoms with van der Waals surface area (Å²) in [5.74, 6) is -0.484. The highest BCUT2D eigenvalue weighted by molar-refractivity contribution is 7.89. The Morgan fingerprint density at radius 1 is 0.970 bits per heavy atom. The molecule has 1 amide bonds. The molecule has 4 rings (SSSR count). The van der Waals surface area contributed by atoms with Crippen LogP contribution in [0.15, 0.2) is 77.7 Å². The summed E-state index contributed by atoms with van der Waals surface area (Å²) < 4.78 is 29.0. The summed E-state index contributed by atoms with van der Waals surface area (Å²) >= 11 is 1.29. The molecule has 33 heavy (non-hydrogen) atoms. The van der Waals surface area contributed by atoms with Gasteiger partial charge >= 0.3 is 0 Å². The van der Waals surface area contributed by atoms with Crippen LogP contribution in [0.2, 0.25) is 0 Å². The molecular formula is C24H24N4O3S2. The summed E-state index contributed by atoms with van der Waals surface area (Å²) in [6, 6.07) is 20.7. The maximum absolute atomic E-state index is 13.2. The Hall–Kier alpha value is -3.14. The van der Waals surface area contributed by atoms with Gasteiger partial charge in [-0.25, -0.2) is 8.42 Å². The van der Waals surface area contributed by atoms with Crippen molar-refractivity contribution < 1.29 is 13.2 Å². The normalized spacial score (nSPS) is 12.5. The van der Waals surface area contributed by atoms with Crippen LogP contribution in [0, 0.1) is 0 Å². The molecule has 0 aliphatic carbocycles. The molecular weight excluding hydrogens is 456 g/mol. The van der Waals surface area contributed by atoms with Crippen LogP contribution in [-0.4, -0.2) is 30.6 Å². The molecule has 4 aromatic rings. The third-order valence-corrected chi connectivity index (χ3v) is 7.46. The zero-order valence-electron chi connectivity index (χ0n) is 18.1. The lowest BCUT2D eigenvalue weighted by molar-refractivity contribution is -0.117. The van der Waals surface area contributed by atoms with Crippen molar-refractivity contribution in [3.8, 4) is 0 Å². The van der Waals surface area contributed by atoms with Gasteiger partial charge in [-0.1, -0.05) is 78.9 Å². The molecule has 2 N–H and O–H groups in total. The topological polar surface area (TPSA) is 101 Å². The summed E-state index contributed by atoms with van der Waals surface area (Å²) in [6.45, 7) is 2.04. The number of carbonyl (C=O) groups is 1. The second kappa shape index (κ2) is 10.2. The molecule has 1 heterocycles. The second-order valence-corrected chi connectivity index (χ2v) is 10.4. The van der Waals surface area contributed by atoms with E-state index in [1.807, 2.05) is 61.5 Å². The van der Waals surface area contributed by atoms with Gasteiger partial charge in [0.15, 0.2) is 0 Å². The van der Waals surface area contributed by atoms with Crippen molar-refractivity contribution in [1.29, 1.82) is 0 Å². The molecule has 0 aliphatic rings. The minimum absolute atomic E-state index is 0.105. The van der Waals surface area contributed by atoms with Crippen LogP contribution < -0.4 is 10.0 Å². The number of nitrogens with zero attached hydrogens (tertiary/aromatic N) is 2. The van der Waals surface area contributed by atoms with Crippen LogP contribution in [0.1, 0.15) is 23.9 Å². The average molecular weight is 481 g/mol. The highest BCUT2D eigenvalue weighted by Crippen LogP contribution is 2.21. The van der Waals surface area contributed by atoms with Crippen molar-refractivity contribution in [3.05, 3.63) is 83.4 Å². The van der Waals surface area contributed by atoms with Crippen LogP contribution in [0.3, 0.4) is 0 Å². The molecule has 0 spiro atoms.